The number of nitrogens with two attached hydrogens (primary N) is 1. The Labute approximate surface area is 188 Å². The standard InChI is InChI=1S/C26H28N4O2/c1-17(27)30-11-10-25(15-30)32-24-8-6-20(7-9-24)23(16-31)13-18-2-3-19-4-5-21(26(28)29)14-22(19)12-18/h2-9,12,14,16,23,25,27H,10-11,13,15H2,1H3,(H3,28,29)/t23-,25+/m1/s1. The molecular weight excluding hydrogens is 400 g/mol. The summed E-state index contributed by atoms with van der Waals surface area (Å²) in [7, 11) is 0. The minimum atomic E-state index is -0.250. The highest BCUT2D eigenvalue weighted by atomic mass is 16.5. The second kappa shape index (κ2) is 9.22. The molecule has 1 heterocycles. The predicted molar refractivity (Wildman–Crippen MR) is 128 cm³/mol. The summed E-state index contributed by atoms with van der Waals surface area (Å²) >= 11 is 0. The van der Waals surface area contributed by atoms with Gasteiger partial charge in [0.2, 0.25) is 0 Å². The van der Waals surface area contributed by atoms with Crippen molar-refractivity contribution in [2.24, 2.45) is 5.73 Å². The van der Waals surface area contributed by atoms with E-state index in [2.05, 4.69) is 6.07 Å². The second-order valence-corrected chi connectivity index (χ2v) is 8.39. The van der Waals surface area contributed by atoms with Crippen LogP contribution in [0.15, 0.2) is 60.7 Å². The highest BCUT2D eigenvalue weighted by molar-refractivity contribution is 5.99. The van der Waals surface area contributed by atoms with Crippen LogP contribution in [0.3, 0.4) is 0 Å². The topological polar surface area (TPSA) is 103 Å². The van der Waals surface area contributed by atoms with Gasteiger partial charge in [0.25, 0.3) is 0 Å². The lowest BCUT2D eigenvalue weighted by Gasteiger charge is -2.18. The molecule has 0 saturated carbocycles. The molecule has 0 radical (unpaired) electrons. The average molecular weight is 429 g/mol. The fourth-order valence-corrected chi connectivity index (χ4v) is 4.20. The highest BCUT2D eigenvalue weighted by Gasteiger charge is 2.24. The predicted octanol–water partition coefficient (Wildman–Crippen LogP) is 4.10. The average Bonchev–Trinajstić information content (AvgIpc) is 3.26. The Morgan fingerprint density at radius 1 is 1.12 bits per heavy atom. The zero-order chi connectivity index (χ0) is 22.7. The van der Waals surface area contributed by atoms with E-state index < -0.39 is 0 Å². The monoisotopic (exact) mass is 428 g/mol. The minimum absolute atomic E-state index is 0.0450. The van der Waals surface area contributed by atoms with Crippen LogP contribution in [0.25, 0.3) is 10.8 Å². The van der Waals surface area contributed by atoms with Gasteiger partial charge in [0.15, 0.2) is 0 Å². The molecule has 0 amide bonds. The van der Waals surface area contributed by atoms with E-state index in [-0.39, 0.29) is 17.9 Å². The molecule has 3 aromatic carbocycles. The Bertz CT molecular complexity index is 1160. The third kappa shape index (κ3) is 4.80. The molecule has 2 atom stereocenters. The van der Waals surface area contributed by atoms with Crippen molar-refractivity contribution in [3.8, 4) is 5.75 Å². The van der Waals surface area contributed by atoms with Crippen LogP contribution in [-0.2, 0) is 11.2 Å². The van der Waals surface area contributed by atoms with Gasteiger partial charge in [-0.3, -0.25) is 10.8 Å². The first-order valence-corrected chi connectivity index (χ1v) is 10.8. The van der Waals surface area contributed by atoms with Gasteiger partial charge in [-0.1, -0.05) is 42.5 Å². The number of fused-ring (bicyclic) bond motifs is 1. The zero-order valence-corrected chi connectivity index (χ0v) is 18.2. The van der Waals surface area contributed by atoms with Gasteiger partial charge in [-0.05, 0) is 53.4 Å². The lowest BCUT2D eigenvalue weighted by Crippen LogP contribution is -2.28. The van der Waals surface area contributed by atoms with E-state index in [1.807, 2.05) is 59.5 Å². The van der Waals surface area contributed by atoms with Crippen LogP contribution in [0.1, 0.15) is 36.0 Å². The largest absolute Gasteiger partial charge is 0.489 e. The third-order valence-electron chi connectivity index (χ3n) is 6.07. The summed E-state index contributed by atoms with van der Waals surface area (Å²) in [6.07, 6.45) is 2.58. The molecule has 1 aliphatic rings. The number of likely N-dealkylation sites (tertiary alicyclic amines) is 1. The summed E-state index contributed by atoms with van der Waals surface area (Å²) in [4.78, 5) is 13.9. The minimum Gasteiger partial charge on any atom is -0.489 e. The summed E-state index contributed by atoms with van der Waals surface area (Å²) < 4.78 is 6.07. The second-order valence-electron chi connectivity index (χ2n) is 8.39. The molecular formula is C26H28N4O2. The molecule has 0 aromatic heterocycles. The number of hydrogen-bond acceptors (Lipinski definition) is 4. The quantitative estimate of drug-likeness (QED) is 0.299. The fraction of sp³-hybridized carbons (Fsp3) is 0.269. The molecule has 0 spiro atoms. The number of nitrogens with zero attached hydrogens (tertiary/aromatic N) is 1. The molecule has 32 heavy (non-hydrogen) atoms. The van der Waals surface area contributed by atoms with Crippen molar-refractivity contribution in [3.05, 3.63) is 77.4 Å². The summed E-state index contributed by atoms with van der Waals surface area (Å²) in [5.41, 5.74) is 8.32. The van der Waals surface area contributed by atoms with E-state index in [0.717, 1.165) is 53.4 Å². The normalized spacial score (nSPS) is 16.7. The van der Waals surface area contributed by atoms with E-state index in [4.69, 9.17) is 21.3 Å². The third-order valence-corrected chi connectivity index (χ3v) is 6.07. The number of hydrogen-bond donors (Lipinski definition) is 3. The van der Waals surface area contributed by atoms with Crippen molar-refractivity contribution in [3.63, 3.8) is 0 Å². The van der Waals surface area contributed by atoms with Crippen molar-refractivity contribution >= 4 is 28.7 Å². The van der Waals surface area contributed by atoms with Gasteiger partial charge in [-0.25, -0.2) is 0 Å². The number of carbonyl (C=O) groups excluding carboxylic acids is 1. The number of aldehydes is 1. The molecule has 1 saturated heterocycles. The van der Waals surface area contributed by atoms with Gasteiger partial charge in [0, 0.05) is 24.4 Å². The molecule has 1 fully saturated rings. The van der Waals surface area contributed by atoms with Crippen LogP contribution in [0.2, 0.25) is 0 Å². The van der Waals surface area contributed by atoms with Crippen LogP contribution in [-0.4, -0.2) is 42.1 Å². The Morgan fingerprint density at radius 2 is 1.88 bits per heavy atom. The number of ether oxygens (including phenoxy) is 1. The van der Waals surface area contributed by atoms with Gasteiger partial charge < -0.3 is 20.2 Å². The maximum Gasteiger partial charge on any atom is 0.127 e. The highest BCUT2D eigenvalue weighted by Crippen LogP contribution is 2.26. The van der Waals surface area contributed by atoms with E-state index in [1.165, 1.54) is 0 Å². The molecule has 4 N–H and O–H groups in total. The van der Waals surface area contributed by atoms with E-state index in [0.29, 0.717) is 17.8 Å². The molecule has 0 unspecified atom stereocenters. The van der Waals surface area contributed by atoms with Crippen molar-refractivity contribution in [2.75, 3.05) is 13.1 Å². The van der Waals surface area contributed by atoms with Crippen LogP contribution in [0, 0.1) is 10.8 Å². The summed E-state index contributed by atoms with van der Waals surface area (Å²) in [5.74, 6) is 1.16. The Morgan fingerprint density at radius 3 is 2.53 bits per heavy atom. The van der Waals surface area contributed by atoms with Crippen LogP contribution in [0.4, 0.5) is 0 Å². The molecule has 1 aliphatic heterocycles. The number of nitrogens with one attached hydrogen (secondary N) is 2. The zero-order valence-electron chi connectivity index (χ0n) is 18.2. The molecule has 4 rings (SSSR count). The van der Waals surface area contributed by atoms with Crippen molar-refractivity contribution in [1.29, 1.82) is 10.8 Å². The molecule has 0 aliphatic carbocycles. The Hall–Kier alpha value is -3.67. The first-order chi connectivity index (χ1) is 15.4. The van der Waals surface area contributed by atoms with Gasteiger partial charge in [-0.2, -0.15) is 0 Å². The molecule has 3 aromatic rings. The lowest BCUT2D eigenvalue weighted by molar-refractivity contribution is -0.109. The summed E-state index contributed by atoms with van der Waals surface area (Å²) in [6.45, 7) is 3.39. The molecule has 6 nitrogen and oxygen atoms in total. The van der Waals surface area contributed by atoms with E-state index in [1.54, 1.807) is 6.92 Å². The fourth-order valence-electron chi connectivity index (χ4n) is 4.20. The Kier molecular flexibility index (Phi) is 6.21. The summed E-state index contributed by atoms with van der Waals surface area (Å²) in [6, 6.07) is 19.6. The van der Waals surface area contributed by atoms with E-state index in [9.17, 15) is 4.79 Å². The SMILES string of the molecule is CC(=N)N1CC[C@H](Oc2ccc([C@@H](C=O)Cc3ccc4ccc(C(=N)N)cc4c3)cc2)C1. The van der Waals surface area contributed by atoms with Crippen molar-refractivity contribution in [2.45, 2.75) is 31.8 Å². The number of nitrogen functional groups attached to an aromatic ring is 1. The summed E-state index contributed by atoms with van der Waals surface area (Å²) in [5, 5.41) is 17.5. The van der Waals surface area contributed by atoms with Crippen molar-refractivity contribution in [1.82, 2.24) is 4.90 Å². The van der Waals surface area contributed by atoms with Gasteiger partial charge >= 0.3 is 0 Å². The van der Waals surface area contributed by atoms with Gasteiger partial charge in [0.1, 0.15) is 24.0 Å². The van der Waals surface area contributed by atoms with Crippen LogP contribution >= 0.6 is 0 Å². The lowest BCUT2D eigenvalue weighted by atomic mass is 9.92. The number of benzene rings is 3. The van der Waals surface area contributed by atoms with Gasteiger partial charge in [-0.15, -0.1) is 0 Å². The number of amidine groups is 2. The molecule has 6 heteroatoms. The van der Waals surface area contributed by atoms with E-state index >= 15 is 0 Å². The van der Waals surface area contributed by atoms with Crippen LogP contribution in [0.5, 0.6) is 5.75 Å². The number of carbonyl (C=O) groups is 1. The molecule has 0 bridgehead atoms. The Balaban J connectivity index is 1.45. The maximum atomic E-state index is 11.9. The first-order valence-electron chi connectivity index (χ1n) is 10.8. The molecule has 164 valence electrons. The number of rotatable bonds is 7. The smallest absolute Gasteiger partial charge is 0.127 e. The maximum absolute atomic E-state index is 11.9. The van der Waals surface area contributed by atoms with Crippen molar-refractivity contribution < 1.29 is 9.53 Å². The first kappa shape index (κ1) is 21.6. The van der Waals surface area contributed by atoms with Crippen LogP contribution < -0.4 is 10.5 Å². The van der Waals surface area contributed by atoms with Gasteiger partial charge in [0.05, 0.1) is 12.4 Å².